The Morgan fingerprint density at radius 3 is 2.25 bits per heavy atom. The van der Waals surface area contributed by atoms with E-state index in [0.717, 1.165) is 6.07 Å². The molecule has 0 atom stereocenters. The van der Waals surface area contributed by atoms with Crippen molar-refractivity contribution < 1.29 is 26.4 Å². The molecule has 3 aromatic rings. The lowest BCUT2D eigenvalue weighted by atomic mass is 10.1. The van der Waals surface area contributed by atoms with Crippen LogP contribution in [0.25, 0.3) is 5.69 Å². The van der Waals surface area contributed by atoms with Gasteiger partial charge in [0.05, 0.1) is 21.7 Å². The van der Waals surface area contributed by atoms with Crippen LogP contribution in [-0.2, 0) is 16.2 Å². The number of halogens is 3. The summed E-state index contributed by atoms with van der Waals surface area (Å²) < 4.78 is 68.2. The molecule has 0 aliphatic heterocycles. The minimum absolute atomic E-state index is 0.0549. The number of hydrogen-bond acceptors (Lipinski definition) is 3. The van der Waals surface area contributed by atoms with Crippen LogP contribution >= 0.6 is 0 Å². The van der Waals surface area contributed by atoms with Crippen molar-refractivity contribution in [1.82, 2.24) is 9.29 Å². The zero-order valence-corrected chi connectivity index (χ0v) is 18.4. The average Bonchev–Trinajstić information content (AvgIpc) is 3.02. The Morgan fingerprint density at radius 1 is 1.03 bits per heavy atom. The number of rotatable bonds is 6. The van der Waals surface area contributed by atoms with Crippen LogP contribution in [0.5, 0.6) is 0 Å². The van der Waals surface area contributed by atoms with Crippen molar-refractivity contribution in [2.75, 3.05) is 11.9 Å². The lowest BCUT2D eigenvalue weighted by molar-refractivity contribution is -0.137. The monoisotopic (exact) mass is 465 g/mol. The van der Waals surface area contributed by atoms with Gasteiger partial charge in [-0.15, -0.1) is 0 Å². The average molecular weight is 465 g/mol. The highest BCUT2D eigenvalue weighted by Gasteiger charge is 2.34. The minimum atomic E-state index is -4.54. The maximum absolute atomic E-state index is 13.5. The fourth-order valence-electron chi connectivity index (χ4n) is 3.46. The standard InChI is InChI=1S/C22H22F3N3O3S/c1-4-26-32(30,31)17-11-9-16(10-12-17)27-21(29)18-13-14(2)28(15(18)3)20-8-6-5-7-19(20)22(23,24)25/h5-13,26H,4H2,1-3H3,(H,27,29). The summed E-state index contributed by atoms with van der Waals surface area (Å²) in [5.74, 6) is -0.517. The summed E-state index contributed by atoms with van der Waals surface area (Å²) in [5.41, 5.74) is 0.521. The van der Waals surface area contributed by atoms with E-state index in [1.54, 1.807) is 20.8 Å². The Kier molecular flexibility index (Phi) is 6.47. The van der Waals surface area contributed by atoms with Gasteiger partial charge >= 0.3 is 6.18 Å². The summed E-state index contributed by atoms with van der Waals surface area (Å²) >= 11 is 0. The summed E-state index contributed by atoms with van der Waals surface area (Å²) in [4.78, 5) is 12.9. The predicted molar refractivity (Wildman–Crippen MR) is 116 cm³/mol. The van der Waals surface area contributed by atoms with Crippen molar-refractivity contribution >= 4 is 21.6 Å². The van der Waals surface area contributed by atoms with Crippen molar-refractivity contribution in [2.24, 2.45) is 0 Å². The van der Waals surface area contributed by atoms with Gasteiger partial charge in [-0.2, -0.15) is 13.2 Å². The molecule has 32 heavy (non-hydrogen) atoms. The quantitative estimate of drug-likeness (QED) is 0.556. The number of amides is 1. The fourth-order valence-corrected chi connectivity index (χ4v) is 4.50. The minimum Gasteiger partial charge on any atom is -0.322 e. The van der Waals surface area contributed by atoms with E-state index in [4.69, 9.17) is 0 Å². The molecule has 0 aliphatic rings. The lowest BCUT2D eigenvalue weighted by Gasteiger charge is -2.16. The van der Waals surface area contributed by atoms with E-state index < -0.39 is 27.7 Å². The Hall–Kier alpha value is -3.11. The van der Waals surface area contributed by atoms with Gasteiger partial charge in [-0.25, -0.2) is 13.1 Å². The van der Waals surface area contributed by atoms with Gasteiger partial charge in [0.15, 0.2) is 0 Å². The molecule has 0 fully saturated rings. The van der Waals surface area contributed by atoms with Crippen LogP contribution in [0.1, 0.15) is 34.2 Å². The van der Waals surface area contributed by atoms with Crippen LogP contribution in [0.2, 0.25) is 0 Å². The molecule has 0 spiro atoms. The molecule has 0 unspecified atom stereocenters. The zero-order chi connectivity index (χ0) is 23.7. The van der Waals surface area contributed by atoms with Crippen LogP contribution < -0.4 is 10.0 Å². The largest absolute Gasteiger partial charge is 0.418 e. The van der Waals surface area contributed by atoms with E-state index in [1.165, 1.54) is 53.1 Å². The Balaban J connectivity index is 1.91. The molecule has 1 heterocycles. The van der Waals surface area contributed by atoms with E-state index in [0.29, 0.717) is 17.1 Å². The number of alkyl halides is 3. The second-order valence-corrected chi connectivity index (χ2v) is 8.88. The van der Waals surface area contributed by atoms with Gasteiger partial charge in [-0.3, -0.25) is 4.79 Å². The molecule has 0 saturated carbocycles. The summed E-state index contributed by atoms with van der Waals surface area (Å²) in [6, 6.07) is 12.3. The van der Waals surface area contributed by atoms with E-state index in [-0.39, 0.29) is 22.7 Å². The SMILES string of the molecule is CCNS(=O)(=O)c1ccc(NC(=O)c2cc(C)n(-c3ccccc3C(F)(F)F)c2C)cc1. The van der Waals surface area contributed by atoms with Gasteiger partial charge in [-0.05, 0) is 56.3 Å². The van der Waals surface area contributed by atoms with E-state index in [9.17, 15) is 26.4 Å². The second kappa shape index (κ2) is 8.79. The number of carbonyl (C=O) groups excluding carboxylic acids is 1. The number of sulfonamides is 1. The van der Waals surface area contributed by atoms with Gasteiger partial charge in [0.25, 0.3) is 5.91 Å². The van der Waals surface area contributed by atoms with Crippen molar-refractivity contribution in [2.45, 2.75) is 31.8 Å². The number of para-hydroxylation sites is 1. The van der Waals surface area contributed by atoms with Gasteiger partial charge in [0, 0.05) is 23.6 Å². The van der Waals surface area contributed by atoms with Crippen molar-refractivity contribution in [3.63, 3.8) is 0 Å². The van der Waals surface area contributed by atoms with E-state index in [2.05, 4.69) is 10.0 Å². The smallest absolute Gasteiger partial charge is 0.322 e. The second-order valence-electron chi connectivity index (χ2n) is 7.11. The molecule has 0 bridgehead atoms. The third-order valence-electron chi connectivity index (χ3n) is 4.88. The van der Waals surface area contributed by atoms with Crippen LogP contribution in [0.15, 0.2) is 59.5 Å². The normalized spacial score (nSPS) is 12.1. The number of nitrogens with zero attached hydrogens (tertiary/aromatic N) is 1. The molecule has 10 heteroatoms. The molecular weight excluding hydrogens is 443 g/mol. The van der Waals surface area contributed by atoms with E-state index >= 15 is 0 Å². The number of hydrogen-bond donors (Lipinski definition) is 2. The molecule has 0 aliphatic carbocycles. The Bertz CT molecular complexity index is 1250. The Labute approximate surface area is 184 Å². The molecule has 2 aromatic carbocycles. The first-order chi connectivity index (χ1) is 15.0. The van der Waals surface area contributed by atoms with Crippen molar-refractivity contribution in [3.8, 4) is 5.69 Å². The topological polar surface area (TPSA) is 80.2 Å². The van der Waals surface area contributed by atoms with Crippen LogP contribution in [0, 0.1) is 13.8 Å². The van der Waals surface area contributed by atoms with Crippen LogP contribution in [-0.4, -0.2) is 25.4 Å². The number of aromatic nitrogens is 1. The van der Waals surface area contributed by atoms with E-state index in [1.807, 2.05) is 0 Å². The molecule has 0 saturated heterocycles. The molecule has 0 radical (unpaired) electrons. The zero-order valence-electron chi connectivity index (χ0n) is 17.6. The highest BCUT2D eigenvalue weighted by atomic mass is 32.2. The predicted octanol–water partition coefficient (Wildman–Crippen LogP) is 4.66. The lowest BCUT2D eigenvalue weighted by Crippen LogP contribution is -2.23. The van der Waals surface area contributed by atoms with Crippen molar-refractivity contribution in [1.29, 1.82) is 0 Å². The molecule has 1 amide bonds. The number of benzene rings is 2. The molecule has 3 rings (SSSR count). The number of carbonyl (C=O) groups is 1. The maximum atomic E-state index is 13.5. The molecule has 6 nitrogen and oxygen atoms in total. The highest BCUT2D eigenvalue weighted by molar-refractivity contribution is 7.89. The number of nitrogens with one attached hydrogen (secondary N) is 2. The summed E-state index contributed by atoms with van der Waals surface area (Å²) in [6.45, 7) is 5.10. The molecule has 170 valence electrons. The number of aryl methyl sites for hydroxylation is 1. The summed E-state index contributed by atoms with van der Waals surface area (Å²) in [6.07, 6.45) is -4.54. The van der Waals surface area contributed by atoms with Gasteiger partial charge in [0.2, 0.25) is 10.0 Å². The fraction of sp³-hybridized carbons (Fsp3) is 0.227. The summed E-state index contributed by atoms with van der Waals surface area (Å²) in [5, 5.41) is 2.66. The Morgan fingerprint density at radius 2 is 1.66 bits per heavy atom. The van der Waals surface area contributed by atoms with Gasteiger partial charge in [0.1, 0.15) is 0 Å². The van der Waals surface area contributed by atoms with Crippen LogP contribution in [0.3, 0.4) is 0 Å². The highest BCUT2D eigenvalue weighted by Crippen LogP contribution is 2.35. The van der Waals surface area contributed by atoms with Crippen molar-refractivity contribution in [3.05, 3.63) is 77.1 Å². The third-order valence-corrected chi connectivity index (χ3v) is 6.44. The summed E-state index contributed by atoms with van der Waals surface area (Å²) in [7, 11) is -3.62. The van der Waals surface area contributed by atoms with Crippen LogP contribution in [0.4, 0.5) is 18.9 Å². The molecule has 1 aromatic heterocycles. The maximum Gasteiger partial charge on any atom is 0.418 e. The first-order valence-electron chi connectivity index (χ1n) is 9.72. The van der Waals surface area contributed by atoms with Gasteiger partial charge < -0.3 is 9.88 Å². The molecular formula is C22H22F3N3O3S. The molecule has 2 N–H and O–H groups in total. The first-order valence-corrected chi connectivity index (χ1v) is 11.2. The van der Waals surface area contributed by atoms with Gasteiger partial charge in [-0.1, -0.05) is 19.1 Å². The third kappa shape index (κ3) is 4.71. The first kappa shape index (κ1) is 23.6. The number of anilines is 1.